The largest absolute Gasteiger partial charge is 0.497 e. The monoisotopic (exact) mass is 532 g/mol. The topological polar surface area (TPSA) is 55.8 Å². The van der Waals surface area contributed by atoms with Gasteiger partial charge in [0.25, 0.3) is 0 Å². The highest BCUT2D eigenvalue weighted by Crippen LogP contribution is 2.30. The Morgan fingerprint density at radius 2 is 1.67 bits per heavy atom. The zero-order chi connectivity index (χ0) is 21.3. The lowest BCUT2D eigenvalue weighted by molar-refractivity contribution is -0.139. The van der Waals surface area contributed by atoms with E-state index in [4.69, 9.17) is 14.6 Å². The van der Waals surface area contributed by atoms with Crippen LogP contribution in [-0.4, -0.2) is 30.5 Å². The van der Waals surface area contributed by atoms with Crippen molar-refractivity contribution in [1.82, 2.24) is 0 Å². The van der Waals surface area contributed by atoms with Crippen molar-refractivity contribution in [3.8, 4) is 11.5 Å². The second kappa shape index (κ2) is 11.1. The van der Waals surface area contributed by atoms with Crippen LogP contribution in [0.4, 0.5) is 0 Å². The minimum absolute atomic E-state index is 0.340. The molecule has 30 heavy (non-hydrogen) atoms. The third-order valence-electron chi connectivity index (χ3n) is 4.28. The second-order valence-corrected chi connectivity index (χ2v) is 8.52. The molecule has 0 aliphatic rings. The summed E-state index contributed by atoms with van der Waals surface area (Å²) in [5, 5.41) is 8.74. The number of carbonyl (C=O) groups is 1. The summed E-state index contributed by atoms with van der Waals surface area (Å²) in [6.45, 7) is -0.340. The third kappa shape index (κ3) is 6.27. The van der Waals surface area contributed by atoms with Crippen LogP contribution in [0.1, 0.15) is 11.1 Å². The molecule has 0 spiro atoms. The van der Waals surface area contributed by atoms with Gasteiger partial charge in [0, 0.05) is 14.2 Å². The predicted octanol–water partition coefficient (Wildman–Crippen LogP) is 5.99. The fourth-order valence-electron chi connectivity index (χ4n) is 2.84. The van der Waals surface area contributed by atoms with Crippen LogP contribution in [0.3, 0.4) is 0 Å². The minimum Gasteiger partial charge on any atom is -0.497 e. The molecule has 0 aliphatic heterocycles. The quantitative estimate of drug-likeness (QED) is 0.271. The lowest BCUT2D eigenvalue weighted by Crippen LogP contribution is -2.09. The van der Waals surface area contributed by atoms with Crippen LogP contribution in [0.25, 0.3) is 5.57 Å². The molecule has 4 nitrogen and oxygen atoms in total. The summed E-state index contributed by atoms with van der Waals surface area (Å²) in [6, 6.07) is 24.0. The Labute approximate surface area is 194 Å². The molecule has 0 saturated heterocycles. The van der Waals surface area contributed by atoms with Gasteiger partial charge in [0.05, 0.1) is 7.11 Å². The molecule has 3 aromatic rings. The van der Waals surface area contributed by atoms with E-state index in [1.807, 2.05) is 42.5 Å². The first-order chi connectivity index (χ1) is 14.6. The average molecular weight is 532 g/mol. The zero-order valence-electron chi connectivity index (χ0n) is 16.4. The van der Waals surface area contributed by atoms with E-state index < -0.39 is 5.97 Å². The molecule has 0 bridgehead atoms. The van der Waals surface area contributed by atoms with Gasteiger partial charge in [-0.15, -0.1) is 11.8 Å². The van der Waals surface area contributed by atoms with Gasteiger partial charge in [0.2, 0.25) is 0 Å². The van der Waals surface area contributed by atoms with Gasteiger partial charge in [-0.05, 0) is 69.6 Å². The molecule has 0 aliphatic carbocycles. The van der Waals surface area contributed by atoms with Crippen molar-refractivity contribution in [3.63, 3.8) is 0 Å². The Bertz CT molecular complexity index is 1020. The summed E-state index contributed by atoms with van der Waals surface area (Å²) in [7, 11) is 1.67. The smallest absolute Gasteiger partial charge is 0.341 e. The van der Waals surface area contributed by atoms with E-state index in [2.05, 4.69) is 52.9 Å². The number of rotatable bonds is 9. The molecular weight excluding hydrogens is 511 g/mol. The normalized spacial score (nSPS) is 11.2. The van der Waals surface area contributed by atoms with Crippen LogP contribution in [0.2, 0.25) is 0 Å². The Morgan fingerprint density at radius 3 is 2.30 bits per heavy atom. The van der Waals surface area contributed by atoms with Gasteiger partial charge in [-0.1, -0.05) is 48.5 Å². The number of carboxylic acid groups (broad SMARTS) is 1. The number of thioether (sulfide) groups is 1. The lowest BCUT2D eigenvalue weighted by Gasteiger charge is -2.11. The van der Waals surface area contributed by atoms with Gasteiger partial charge < -0.3 is 14.6 Å². The van der Waals surface area contributed by atoms with Gasteiger partial charge >= 0.3 is 5.97 Å². The maximum absolute atomic E-state index is 10.7. The molecule has 3 rings (SSSR count). The Morgan fingerprint density at radius 1 is 1.00 bits per heavy atom. The van der Waals surface area contributed by atoms with E-state index >= 15 is 0 Å². The fraction of sp³-hybridized carbons (Fsp3) is 0.125. The first-order valence-corrected chi connectivity index (χ1v) is 11.3. The summed E-state index contributed by atoms with van der Waals surface area (Å²) >= 11 is 3.97. The maximum Gasteiger partial charge on any atom is 0.341 e. The van der Waals surface area contributed by atoms with Crippen molar-refractivity contribution in [1.29, 1.82) is 0 Å². The van der Waals surface area contributed by atoms with Crippen molar-refractivity contribution in [3.05, 3.63) is 93.6 Å². The number of carboxylic acids is 1. The van der Waals surface area contributed by atoms with Crippen molar-refractivity contribution in [2.75, 3.05) is 19.5 Å². The number of hydrogen-bond donors (Lipinski definition) is 1. The number of benzene rings is 3. The molecule has 0 aromatic heterocycles. The highest BCUT2D eigenvalue weighted by atomic mass is 127. The van der Waals surface area contributed by atoms with Crippen molar-refractivity contribution in [2.24, 2.45) is 0 Å². The van der Waals surface area contributed by atoms with E-state index in [1.165, 1.54) is 5.57 Å². The van der Waals surface area contributed by atoms with Crippen LogP contribution in [0.5, 0.6) is 11.5 Å². The van der Waals surface area contributed by atoms with E-state index in [9.17, 15) is 4.79 Å². The molecule has 1 N–H and O–H groups in total. The van der Waals surface area contributed by atoms with Crippen LogP contribution in [0.15, 0.2) is 83.8 Å². The van der Waals surface area contributed by atoms with Gasteiger partial charge in [-0.2, -0.15) is 0 Å². The summed E-state index contributed by atoms with van der Waals surface area (Å²) < 4.78 is 11.6. The first kappa shape index (κ1) is 22.2. The zero-order valence-corrected chi connectivity index (χ0v) is 19.4. The summed E-state index contributed by atoms with van der Waals surface area (Å²) in [6.07, 6.45) is 2.23. The van der Waals surface area contributed by atoms with E-state index in [-0.39, 0.29) is 6.61 Å². The molecule has 0 radical (unpaired) electrons. The van der Waals surface area contributed by atoms with Crippen molar-refractivity contribution >= 4 is 45.9 Å². The van der Waals surface area contributed by atoms with Crippen LogP contribution >= 0.6 is 34.4 Å². The number of aliphatic carboxylic acids is 1. The average Bonchev–Trinajstić information content (AvgIpc) is 2.77. The number of ether oxygens (including phenoxy) is 2. The van der Waals surface area contributed by atoms with Crippen molar-refractivity contribution in [2.45, 2.75) is 4.90 Å². The van der Waals surface area contributed by atoms with E-state index in [0.29, 0.717) is 5.75 Å². The number of hydrogen-bond acceptors (Lipinski definition) is 4. The van der Waals surface area contributed by atoms with Gasteiger partial charge in [0.15, 0.2) is 6.61 Å². The molecule has 0 atom stereocenters. The highest BCUT2D eigenvalue weighted by Gasteiger charge is 2.07. The SMILES string of the molecule is COc1ccc(C(=CCSc2ccc(OCC(=O)O)cc2I)c2ccccc2)cc1. The molecule has 0 fully saturated rings. The second-order valence-electron chi connectivity index (χ2n) is 6.30. The fourth-order valence-corrected chi connectivity index (χ4v) is 4.58. The van der Waals surface area contributed by atoms with E-state index in [0.717, 1.165) is 31.1 Å². The molecular formula is C24H21IO4S. The number of halogens is 1. The van der Waals surface area contributed by atoms with Crippen molar-refractivity contribution < 1.29 is 19.4 Å². The lowest BCUT2D eigenvalue weighted by atomic mass is 9.98. The molecule has 154 valence electrons. The van der Waals surface area contributed by atoms with Gasteiger partial charge in [-0.3, -0.25) is 0 Å². The third-order valence-corrected chi connectivity index (χ3v) is 6.54. The first-order valence-electron chi connectivity index (χ1n) is 9.24. The molecule has 6 heteroatoms. The standard InChI is InChI=1S/C24H21IO4S/c1-28-19-9-7-18(8-10-19)21(17-5-3-2-4-6-17)13-14-30-23-12-11-20(15-22(23)25)29-16-24(26)27/h2-13,15H,14,16H2,1H3,(H,26,27). The minimum atomic E-state index is -0.986. The van der Waals surface area contributed by atoms with Crippen LogP contribution in [-0.2, 0) is 4.79 Å². The summed E-state index contributed by atoms with van der Waals surface area (Å²) in [4.78, 5) is 11.8. The van der Waals surface area contributed by atoms with Gasteiger partial charge in [0.1, 0.15) is 11.5 Å². The van der Waals surface area contributed by atoms with E-state index in [1.54, 1.807) is 24.9 Å². The van der Waals surface area contributed by atoms with Gasteiger partial charge in [-0.25, -0.2) is 4.79 Å². The molecule has 0 unspecified atom stereocenters. The molecule has 0 amide bonds. The summed E-state index contributed by atoms with van der Waals surface area (Å²) in [5.41, 5.74) is 3.47. The molecule has 3 aromatic carbocycles. The Balaban J connectivity index is 1.77. The Hall–Kier alpha value is -2.45. The predicted molar refractivity (Wildman–Crippen MR) is 130 cm³/mol. The Kier molecular flexibility index (Phi) is 8.21. The maximum atomic E-state index is 10.7. The summed E-state index contributed by atoms with van der Waals surface area (Å²) in [5.74, 6) is 1.20. The molecule has 0 heterocycles. The van der Waals surface area contributed by atoms with Crippen LogP contribution < -0.4 is 9.47 Å². The van der Waals surface area contributed by atoms with Crippen LogP contribution in [0, 0.1) is 3.57 Å². The highest BCUT2D eigenvalue weighted by molar-refractivity contribution is 14.1. The molecule has 0 saturated carbocycles. The number of methoxy groups -OCH3 is 1.